The molecule has 3 rings (SSSR count). The zero-order valence-electron chi connectivity index (χ0n) is 14.5. The van der Waals surface area contributed by atoms with Gasteiger partial charge in [-0.3, -0.25) is 0 Å². The first-order valence-corrected chi connectivity index (χ1v) is 9.97. The van der Waals surface area contributed by atoms with Crippen LogP contribution in [0.2, 0.25) is 0 Å². The summed E-state index contributed by atoms with van der Waals surface area (Å²) in [6, 6.07) is 12.5. The second kappa shape index (κ2) is 7.14. The molecule has 1 N–H and O–H groups in total. The van der Waals surface area contributed by atoms with E-state index < -0.39 is 15.8 Å². The van der Waals surface area contributed by atoms with Crippen molar-refractivity contribution in [3.63, 3.8) is 0 Å². The SMILES string of the molecule is Cc1cc(F)ccc1S(=O)(=O)NCCCN1c2ccccc2C[C@@H]1C. The fourth-order valence-corrected chi connectivity index (χ4v) is 4.72. The van der Waals surface area contributed by atoms with Gasteiger partial charge in [-0.1, -0.05) is 18.2 Å². The molecule has 1 atom stereocenters. The first-order chi connectivity index (χ1) is 11.9. The number of fused-ring (bicyclic) bond motifs is 1. The lowest BCUT2D eigenvalue weighted by atomic mass is 10.1. The minimum atomic E-state index is -3.61. The van der Waals surface area contributed by atoms with Crippen LogP contribution in [0.15, 0.2) is 47.4 Å². The third-order valence-corrected chi connectivity index (χ3v) is 6.26. The monoisotopic (exact) mass is 362 g/mol. The molecule has 0 unspecified atom stereocenters. The maximum absolute atomic E-state index is 13.2. The highest BCUT2D eigenvalue weighted by Gasteiger charge is 2.25. The molecule has 0 spiro atoms. The average Bonchev–Trinajstić information content (AvgIpc) is 2.86. The van der Waals surface area contributed by atoms with Crippen LogP contribution in [0, 0.1) is 12.7 Å². The molecule has 134 valence electrons. The number of anilines is 1. The predicted octanol–water partition coefficient (Wildman–Crippen LogP) is 3.25. The number of hydrogen-bond donors (Lipinski definition) is 1. The van der Waals surface area contributed by atoms with Gasteiger partial charge in [0.05, 0.1) is 4.90 Å². The fraction of sp³-hybridized carbons (Fsp3) is 0.368. The Kier molecular flexibility index (Phi) is 5.11. The number of rotatable bonds is 6. The number of benzene rings is 2. The van der Waals surface area contributed by atoms with E-state index in [0.29, 0.717) is 24.6 Å². The molecular weight excluding hydrogens is 339 g/mol. The first-order valence-electron chi connectivity index (χ1n) is 8.49. The number of aryl methyl sites for hydroxylation is 1. The smallest absolute Gasteiger partial charge is 0.240 e. The number of hydrogen-bond acceptors (Lipinski definition) is 3. The van der Waals surface area contributed by atoms with Crippen molar-refractivity contribution in [3.8, 4) is 0 Å². The van der Waals surface area contributed by atoms with Crippen LogP contribution in [-0.4, -0.2) is 27.5 Å². The Morgan fingerprint density at radius 3 is 2.76 bits per heavy atom. The Balaban J connectivity index is 1.58. The zero-order valence-corrected chi connectivity index (χ0v) is 15.3. The second-order valence-electron chi connectivity index (χ2n) is 6.54. The van der Waals surface area contributed by atoms with Gasteiger partial charge in [-0.15, -0.1) is 0 Å². The fourth-order valence-electron chi connectivity index (χ4n) is 3.42. The summed E-state index contributed by atoms with van der Waals surface area (Å²) >= 11 is 0. The standard InChI is InChI=1S/C19H23FN2O2S/c1-14-12-17(20)8-9-19(14)25(23,24)21-10-5-11-22-15(2)13-16-6-3-4-7-18(16)22/h3-4,6-9,12,15,21H,5,10-11,13H2,1-2H3/t15-/m0/s1. The minimum Gasteiger partial charge on any atom is -0.368 e. The summed E-state index contributed by atoms with van der Waals surface area (Å²) in [7, 11) is -3.61. The number of halogens is 1. The lowest BCUT2D eigenvalue weighted by Gasteiger charge is -2.25. The molecule has 2 aromatic carbocycles. The summed E-state index contributed by atoms with van der Waals surface area (Å²) < 4.78 is 40.5. The molecule has 1 heterocycles. The summed E-state index contributed by atoms with van der Waals surface area (Å²) in [6.45, 7) is 4.93. The van der Waals surface area contributed by atoms with E-state index in [1.165, 1.54) is 29.4 Å². The summed E-state index contributed by atoms with van der Waals surface area (Å²) in [5.74, 6) is -0.432. The highest BCUT2D eigenvalue weighted by atomic mass is 32.2. The molecule has 0 aliphatic carbocycles. The van der Waals surface area contributed by atoms with Crippen molar-refractivity contribution in [2.45, 2.75) is 37.6 Å². The molecule has 4 nitrogen and oxygen atoms in total. The number of sulfonamides is 1. The van der Waals surface area contributed by atoms with Crippen molar-refractivity contribution in [3.05, 3.63) is 59.4 Å². The maximum Gasteiger partial charge on any atom is 0.240 e. The summed E-state index contributed by atoms with van der Waals surface area (Å²) in [5, 5.41) is 0. The second-order valence-corrected chi connectivity index (χ2v) is 8.27. The molecule has 0 amide bonds. The Labute approximate surface area is 148 Å². The van der Waals surface area contributed by atoms with Crippen molar-refractivity contribution in [2.75, 3.05) is 18.0 Å². The molecule has 25 heavy (non-hydrogen) atoms. The number of para-hydroxylation sites is 1. The van der Waals surface area contributed by atoms with Gasteiger partial charge < -0.3 is 4.90 Å². The van der Waals surface area contributed by atoms with Crippen LogP contribution in [-0.2, 0) is 16.4 Å². The minimum absolute atomic E-state index is 0.133. The molecule has 0 bridgehead atoms. The van der Waals surface area contributed by atoms with E-state index in [1.54, 1.807) is 6.92 Å². The van der Waals surface area contributed by atoms with Gasteiger partial charge in [0.15, 0.2) is 0 Å². The van der Waals surface area contributed by atoms with Gasteiger partial charge in [-0.05, 0) is 62.1 Å². The molecule has 0 radical (unpaired) electrons. The molecular formula is C19H23FN2O2S. The topological polar surface area (TPSA) is 49.4 Å². The van der Waals surface area contributed by atoms with E-state index in [-0.39, 0.29) is 4.90 Å². The molecule has 6 heteroatoms. The van der Waals surface area contributed by atoms with Crippen LogP contribution >= 0.6 is 0 Å². The molecule has 2 aromatic rings. The van der Waals surface area contributed by atoms with E-state index in [0.717, 1.165) is 13.0 Å². The Hall–Kier alpha value is -1.92. The van der Waals surface area contributed by atoms with E-state index in [1.807, 2.05) is 12.1 Å². The average molecular weight is 362 g/mol. The van der Waals surface area contributed by atoms with Crippen molar-refractivity contribution < 1.29 is 12.8 Å². The van der Waals surface area contributed by atoms with Crippen LogP contribution in [0.1, 0.15) is 24.5 Å². The largest absolute Gasteiger partial charge is 0.368 e. The Morgan fingerprint density at radius 2 is 2.00 bits per heavy atom. The van der Waals surface area contributed by atoms with Gasteiger partial charge in [-0.2, -0.15) is 0 Å². The third-order valence-electron chi connectivity index (χ3n) is 4.64. The normalized spacial score (nSPS) is 16.9. The van der Waals surface area contributed by atoms with Crippen LogP contribution < -0.4 is 9.62 Å². The molecule has 1 aliphatic heterocycles. The van der Waals surface area contributed by atoms with Gasteiger partial charge in [0.25, 0.3) is 0 Å². The maximum atomic E-state index is 13.2. The summed E-state index contributed by atoms with van der Waals surface area (Å²) in [4.78, 5) is 2.46. The van der Waals surface area contributed by atoms with Crippen molar-refractivity contribution in [1.82, 2.24) is 4.72 Å². The lowest BCUT2D eigenvalue weighted by molar-refractivity contribution is 0.574. The number of nitrogens with zero attached hydrogens (tertiary/aromatic N) is 1. The van der Waals surface area contributed by atoms with Crippen molar-refractivity contribution in [1.29, 1.82) is 0 Å². The predicted molar refractivity (Wildman–Crippen MR) is 97.9 cm³/mol. The molecule has 0 saturated heterocycles. The third kappa shape index (κ3) is 3.85. The molecule has 0 aromatic heterocycles. The van der Waals surface area contributed by atoms with Crippen molar-refractivity contribution >= 4 is 15.7 Å². The molecule has 0 fully saturated rings. The summed E-state index contributed by atoms with van der Waals surface area (Å²) in [6.07, 6.45) is 1.73. The van der Waals surface area contributed by atoms with Crippen LogP contribution in [0.5, 0.6) is 0 Å². The lowest BCUT2D eigenvalue weighted by Crippen LogP contribution is -2.33. The van der Waals surface area contributed by atoms with E-state index in [4.69, 9.17) is 0 Å². The van der Waals surface area contributed by atoms with Crippen LogP contribution in [0.3, 0.4) is 0 Å². The molecule has 0 saturated carbocycles. The van der Waals surface area contributed by atoms with Gasteiger partial charge in [0.1, 0.15) is 5.82 Å². The molecule has 1 aliphatic rings. The van der Waals surface area contributed by atoms with Crippen LogP contribution in [0.4, 0.5) is 10.1 Å². The summed E-state index contributed by atoms with van der Waals surface area (Å²) in [5.41, 5.74) is 3.00. The van der Waals surface area contributed by atoms with Gasteiger partial charge in [0, 0.05) is 24.8 Å². The van der Waals surface area contributed by atoms with E-state index in [9.17, 15) is 12.8 Å². The van der Waals surface area contributed by atoms with E-state index in [2.05, 4.69) is 28.7 Å². The highest BCUT2D eigenvalue weighted by molar-refractivity contribution is 7.89. The first kappa shape index (κ1) is 17.9. The van der Waals surface area contributed by atoms with E-state index >= 15 is 0 Å². The zero-order chi connectivity index (χ0) is 18.0. The van der Waals surface area contributed by atoms with Gasteiger partial charge in [-0.25, -0.2) is 17.5 Å². The Bertz CT molecular complexity index is 867. The quantitative estimate of drug-likeness (QED) is 0.803. The van der Waals surface area contributed by atoms with Crippen molar-refractivity contribution in [2.24, 2.45) is 0 Å². The Morgan fingerprint density at radius 1 is 1.24 bits per heavy atom. The van der Waals surface area contributed by atoms with Gasteiger partial charge >= 0.3 is 0 Å². The van der Waals surface area contributed by atoms with Gasteiger partial charge in [0.2, 0.25) is 10.0 Å². The van der Waals surface area contributed by atoms with Crippen LogP contribution in [0.25, 0.3) is 0 Å². The number of nitrogens with one attached hydrogen (secondary N) is 1. The highest BCUT2D eigenvalue weighted by Crippen LogP contribution is 2.31.